The van der Waals surface area contributed by atoms with Crippen molar-refractivity contribution in [1.82, 2.24) is 0 Å². The molecule has 1 N–H and O–H groups in total. The van der Waals surface area contributed by atoms with Gasteiger partial charge in [-0.1, -0.05) is 6.58 Å². The highest BCUT2D eigenvalue weighted by molar-refractivity contribution is 6.07. The second-order valence-electron chi connectivity index (χ2n) is 6.16. The summed E-state index contributed by atoms with van der Waals surface area (Å²) in [6.45, 7) is 4.04. The van der Waals surface area contributed by atoms with Crippen LogP contribution in [0, 0.1) is 0 Å². The second-order valence-corrected chi connectivity index (χ2v) is 6.16. The van der Waals surface area contributed by atoms with Crippen molar-refractivity contribution in [3.63, 3.8) is 0 Å². The molecule has 0 radical (unpaired) electrons. The lowest BCUT2D eigenvalue weighted by Gasteiger charge is -2.31. The molecule has 0 atom stereocenters. The van der Waals surface area contributed by atoms with Gasteiger partial charge in [0.05, 0.1) is 19.9 Å². The average molecular weight is 366 g/mol. The number of nitrogens with one attached hydrogen (secondary N) is 1. The molecule has 140 valence electrons. The first-order valence-corrected chi connectivity index (χ1v) is 8.67. The Bertz CT molecular complexity index is 874. The van der Waals surface area contributed by atoms with Crippen molar-refractivity contribution in [3.05, 3.63) is 60.2 Å². The number of ether oxygens (including phenoxy) is 2. The van der Waals surface area contributed by atoms with Crippen molar-refractivity contribution in [2.75, 3.05) is 31.0 Å². The van der Waals surface area contributed by atoms with E-state index in [1.165, 1.54) is 6.08 Å². The molecule has 0 aliphatic carbocycles. The molecule has 0 saturated heterocycles. The first-order chi connectivity index (χ1) is 13.1. The second kappa shape index (κ2) is 7.95. The van der Waals surface area contributed by atoms with Gasteiger partial charge in [-0.2, -0.15) is 0 Å². The van der Waals surface area contributed by atoms with E-state index >= 15 is 0 Å². The number of methoxy groups -OCH3 is 2. The maximum absolute atomic E-state index is 13.1. The van der Waals surface area contributed by atoms with Crippen LogP contribution in [0.2, 0.25) is 0 Å². The molecule has 1 aliphatic heterocycles. The lowest BCUT2D eigenvalue weighted by atomic mass is 9.99. The summed E-state index contributed by atoms with van der Waals surface area (Å²) in [5.41, 5.74) is 2.97. The number of fused-ring (bicyclic) bond motifs is 1. The Balaban J connectivity index is 1.90. The minimum Gasteiger partial charge on any atom is -0.497 e. The van der Waals surface area contributed by atoms with Crippen molar-refractivity contribution < 1.29 is 19.1 Å². The monoisotopic (exact) mass is 366 g/mol. The molecule has 0 bridgehead atoms. The maximum atomic E-state index is 13.1. The summed E-state index contributed by atoms with van der Waals surface area (Å²) in [6.07, 6.45) is 2.90. The molecular formula is C21H22N2O4. The molecule has 0 fully saturated rings. The van der Waals surface area contributed by atoms with E-state index in [0.29, 0.717) is 23.5 Å². The highest BCUT2D eigenvalue weighted by Crippen LogP contribution is 2.38. The lowest BCUT2D eigenvalue weighted by molar-refractivity contribution is -0.111. The summed E-state index contributed by atoms with van der Waals surface area (Å²) < 4.78 is 10.8. The van der Waals surface area contributed by atoms with E-state index in [9.17, 15) is 9.59 Å². The molecule has 0 aromatic heterocycles. The van der Waals surface area contributed by atoms with E-state index in [-0.39, 0.29) is 11.8 Å². The van der Waals surface area contributed by atoms with E-state index in [1.54, 1.807) is 43.4 Å². The summed E-state index contributed by atoms with van der Waals surface area (Å²) in [4.78, 5) is 26.2. The number of benzene rings is 2. The van der Waals surface area contributed by atoms with Gasteiger partial charge in [-0.05, 0) is 43.2 Å². The SMILES string of the molecule is C=CC(=O)Nc1ccc(C(=O)N2CCCc3c(OC)cc(OC)cc32)cc1. The summed E-state index contributed by atoms with van der Waals surface area (Å²) in [5, 5.41) is 2.67. The van der Waals surface area contributed by atoms with Crippen LogP contribution in [0.4, 0.5) is 11.4 Å². The molecule has 2 amide bonds. The number of carbonyl (C=O) groups is 2. The Morgan fingerprint density at radius 2 is 1.89 bits per heavy atom. The van der Waals surface area contributed by atoms with E-state index < -0.39 is 0 Å². The molecule has 1 aliphatic rings. The Labute approximate surface area is 158 Å². The van der Waals surface area contributed by atoms with E-state index in [4.69, 9.17) is 9.47 Å². The van der Waals surface area contributed by atoms with Gasteiger partial charge in [-0.3, -0.25) is 9.59 Å². The topological polar surface area (TPSA) is 67.9 Å². The minimum atomic E-state index is -0.293. The third kappa shape index (κ3) is 3.79. The molecule has 0 spiro atoms. The van der Waals surface area contributed by atoms with Crippen LogP contribution in [0.3, 0.4) is 0 Å². The Kier molecular flexibility index (Phi) is 5.45. The van der Waals surface area contributed by atoms with Crippen molar-refractivity contribution in [3.8, 4) is 11.5 Å². The first kappa shape index (κ1) is 18.5. The Morgan fingerprint density at radius 1 is 1.15 bits per heavy atom. The molecule has 1 heterocycles. The fraction of sp³-hybridized carbons (Fsp3) is 0.238. The smallest absolute Gasteiger partial charge is 0.258 e. The Morgan fingerprint density at radius 3 is 2.52 bits per heavy atom. The van der Waals surface area contributed by atoms with Crippen molar-refractivity contribution >= 4 is 23.2 Å². The Hall–Kier alpha value is -3.28. The van der Waals surface area contributed by atoms with Crippen molar-refractivity contribution in [2.45, 2.75) is 12.8 Å². The largest absolute Gasteiger partial charge is 0.497 e. The van der Waals surface area contributed by atoms with Crippen LogP contribution in [0.25, 0.3) is 0 Å². The van der Waals surface area contributed by atoms with Crippen LogP contribution < -0.4 is 19.7 Å². The van der Waals surface area contributed by atoms with Gasteiger partial charge in [0.25, 0.3) is 5.91 Å². The van der Waals surface area contributed by atoms with Crippen molar-refractivity contribution in [2.24, 2.45) is 0 Å². The predicted octanol–water partition coefficient (Wildman–Crippen LogP) is 3.42. The van der Waals surface area contributed by atoms with Crippen LogP contribution in [0.15, 0.2) is 49.1 Å². The summed E-state index contributed by atoms with van der Waals surface area (Å²) >= 11 is 0. The van der Waals surface area contributed by atoms with Crippen LogP contribution >= 0.6 is 0 Å². The quantitative estimate of drug-likeness (QED) is 0.824. The van der Waals surface area contributed by atoms with Crippen molar-refractivity contribution in [1.29, 1.82) is 0 Å². The number of amides is 2. The van der Waals surface area contributed by atoms with Crippen LogP contribution in [-0.4, -0.2) is 32.6 Å². The molecule has 6 nitrogen and oxygen atoms in total. The number of anilines is 2. The maximum Gasteiger partial charge on any atom is 0.258 e. The van der Waals surface area contributed by atoms with Gasteiger partial charge >= 0.3 is 0 Å². The third-order valence-corrected chi connectivity index (χ3v) is 4.54. The predicted molar refractivity (Wildman–Crippen MR) is 105 cm³/mol. The molecule has 3 rings (SSSR count). The van der Waals surface area contributed by atoms with Crippen LogP contribution in [0.5, 0.6) is 11.5 Å². The molecule has 0 saturated carbocycles. The van der Waals surface area contributed by atoms with E-state index in [1.807, 2.05) is 12.1 Å². The van der Waals surface area contributed by atoms with Crippen LogP contribution in [-0.2, 0) is 11.2 Å². The van der Waals surface area contributed by atoms with E-state index in [0.717, 1.165) is 29.8 Å². The third-order valence-electron chi connectivity index (χ3n) is 4.54. The number of hydrogen-bond acceptors (Lipinski definition) is 4. The summed E-state index contributed by atoms with van der Waals surface area (Å²) in [7, 11) is 3.21. The number of hydrogen-bond donors (Lipinski definition) is 1. The van der Waals surface area contributed by atoms with Gasteiger partial charge in [0.15, 0.2) is 0 Å². The minimum absolute atomic E-state index is 0.104. The fourth-order valence-electron chi connectivity index (χ4n) is 3.19. The fourth-order valence-corrected chi connectivity index (χ4v) is 3.19. The van der Waals surface area contributed by atoms with Gasteiger partial charge in [-0.15, -0.1) is 0 Å². The van der Waals surface area contributed by atoms with Crippen LogP contribution in [0.1, 0.15) is 22.3 Å². The summed E-state index contributed by atoms with van der Waals surface area (Å²) in [5.74, 6) is 0.975. The summed E-state index contributed by atoms with van der Waals surface area (Å²) in [6, 6.07) is 10.5. The zero-order valence-corrected chi connectivity index (χ0v) is 15.5. The van der Waals surface area contributed by atoms with Gasteiger partial charge in [0.2, 0.25) is 5.91 Å². The highest BCUT2D eigenvalue weighted by atomic mass is 16.5. The lowest BCUT2D eigenvalue weighted by Crippen LogP contribution is -2.35. The van der Waals surface area contributed by atoms with Gasteiger partial charge in [0, 0.05) is 35.5 Å². The molecule has 2 aromatic carbocycles. The van der Waals surface area contributed by atoms with E-state index in [2.05, 4.69) is 11.9 Å². The normalized spacial score (nSPS) is 12.7. The zero-order valence-electron chi connectivity index (χ0n) is 15.5. The van der Waals surface area contributed by atoms with Gasteiger partial charge < -0.3 is 19.7 Å². The first-order valence-electron chi connectivity index (χ1n) is 8.67. The molecule has 2 aromatic rings. The van der Waals surface area contributed by atoms with Gasteiger partial charge in [-0.25, -0.2) is 0 Å². The molecule has 27 heavy (non-hydrogen) atoms. The molecule has 0 unspecified atom stereocenters. The molecular weight excluding hydrogens is 344 g/mol. The number of carbonyl (C=O) groups excluding carboxylic acids is 2. The van der Waals surface area contributed by atoms with Gasteiger partial charge in [0.1, 0.15) is 11.5 Å². The number of nitrogens with zero attached hydrogens (tertiary/aromatic N) is 1. The number of rotatable bonds is 5. The average Bonchev–Trinajstić information content (AvgIpc) is 2.72. The zero-order chi connectivity index (χ0) is 19.4. The standard InChI is InChI=1S/C21H22N2O4/c1-4-20(24)22-15-9-7-14(8-10-15)21(25)23-11-5-6-17-18(23)12-16(26-2)13-19(17)27-3/h4,7-10,12-13H,1,5-6,11H2,2-3H3,(H,22,24). The highest BCUT2D eigenvalue weighted by Gasteiger charge is 2.26. The molecule has 6 heteroatoms.